The topological polar surface area (TPSA) is 164 Å². The zero-order valence-corrected chi connectivity index (χ0v) is 23.1. The van der Waals surface area contributed by atoms with Crippen LogP contribution in [-0.4, -0.2) is 59.3 Å². The lowest BCUT2D eigenvalue weighted by atomic mass is 9.85. The lowest BCUT2D eigenvalue weighted by Gasteiger charge is -2.37. The number of carbonyl (C=O) groups excluding carboxylic acids is 4. The predicted molar refractivity (Wildman–Crippen MR) is 139 cm³/mol. The molecule has 1 aliphatic carbocycles. The van der Waals surface area contributed by atoms with Gasteiger partial charge >= 0.3 is 0 Å². The number of nitrogens with zero attached hydrogens (tertiary/aromatic N) is 3. The molecule has 0 bridgehead atoms. The summed E-state index contributed by atoms with van der Waals surface area (Å²) in [6.07, 6.45) is -1.67. The van der Waals surface area contributed by atoms with E-state index in [1.165, 1.54) is 17.0 Å². The van der Waals surface area contributed by atoms with Crippen molar-refractivity contribution in [2.24, 2.45) is 22.7 Å². The van der Waals surface area contributed by atoms with Crippen LogP contribution < -0.4 is 20.7 Å². The first-order valence-corrected chi connectivity index (χ1v) is 13.1. The Morgan fingerprint density at radius 3 is 2.58 bits per heavy atom. The van der Waals surface area contributed by atoms with Gasteiger partial charge in [0.25, 0.3) is 5.91 Å². The molecule has 0 radical (unpaired) electrons. The van der Waals surface area contributed by atoms with Gasteiger partial charge < -0.3 is 25.6 Å². The van der Waals surface area contributed by atoms with Crippen molar-refractivity contribution in [3.63, 3.8) is 0 Å². The van der Waals surface area contributed by atoms with Gasteiger partial charge in [0, 0.05) is 19.0 Å². The number of carbonyl (C=O) groups is 4. The van der Waals surface area contributed by atoms with Crippen molar-refractivity contribution in [3.8, 4) is 17.9 Å². The Labute approximate surface area is 232 Å². The molecule has 1 saturated heterocycles. The maximum Gasteiger partial charge on any atom is 0.265 e. The minimum Gasteiger partial charge on any atom is -0.478 e. The molecule has 4 amide bonds. The third-order valence-electron chi connectivity index (χ3n) is 8.10. The number of nitriles is 2. The molecule has 0 spiro atoms. The van der Waals surface area contributed by atoms with Crippen LogP contribution in [-0.2, 0) is 19.2 Å². The van der Waals surface area contributed by atoms with Crippen LogP contribution in [0.15, 0.2) is 18.2 Å². The maximum atomic E-state index is 13.8. The summed E-state index contributed by atoms with van der Waals surface area (Å²) in [5.41, 5.74) is -0.727. The average molecular weight is 553 g/mol. The van der Waals surface area contributed by atoms with E-state index in [-0.39, 0.29) is 35.1 Å². The van der Waals surface area contributed by atoms with Gasteiger partial charge in [-0.05, 0) is 34.8 Å². The van der Waals surface area contributed by atoms with Crippen molar-refractivity contribution in [1.82, 2.24) is 15.5 Å². The van der Waals surface area contributed by atoms with E-state index in [0.717, 1.165) is 6.07 Å². The molecule has 3 aliphatic rings. The van der Waals surface area contributed by atoms with E-state index >= 15 is 0 Å². The number of likely N-dealkylation sites (tertiary alicyclic amines) is 1. The summed E-state index contributed by atoms with van der Waals surface area (Å²) in [5.74, 6) is -2.51. The summed E-state index contributed by atoms with van der Waals surface area (Å²) in [7, 11) is 0. The van der Waals surface area contributed by atoms with Gasteiger partial charge in [-0.15, -0.1) is 0 Å². The highest BCUT2D eigenvalue weighted by molar-refractivity contribution is 5.98. The summed E-state index contributed by atoms with van der Waals surface area (Å²) in [5, 5.41) is 26.6. The van der Waals surface area contributed by atoms with Crippen molar-refractivity contribution in [3.05, 3.63) is 24.0 Å². The Bertz CT molecular complexity index is 1330. The number of rotatable bonds is 7. The molecule has 4 rings (SSSR count). The van der Waals surface area contributed by atoms with Crippen LogP contribution in [0.2, 0.25) is 0 Å². The highest BCUT2D eigenvalue weighted by atomic mass is 19.1. The zero-order valence-electron chi connectivity index (χ0n) is 23.1. The molecule has 1 aromatic carbocycles. The molecular formula is C28H33FN6O5. The van der Waals surface area contributed by atoms with Crippen LogP contribution in [0.4, 0.5) is 10.1 Å². The molecule has 1 aromatic rings. The normalized spacial score (nSPS) is 25.5. The van der Waals surface area contributed by atoms with E-state index in [9.17, 15) is 28.8 Å². The van der Waals surface area contributed by atoms with Gasteiger partial charge in [-0.25, -0.2) is 4.39 Å². The first-order valence-electron chi connectivity index (χ1n) is 13.1. The van der Waals surface area contributed by atoms with Crippen LogP contribution in [0, 0.1) is 51.1 Å². The number of fused-ring (bicyclic) bond motifs is 2. The Balaban J connectivity index is 1.50. The van der Waals surface area contributed by atoms with E-state index in [1.807, 2.05) is 19.9 Å². The lowest BCUT2D eigenvalue weighted by Crippen LogP contribution is -2.60. The van der Waals surface area contributed by atoms with E-state index in [4.69, 9.17) is 10.00 Å². The van der Waals surface area contributed by atoms with Gasteiger partial charge in [-0.2, -0.15) is 10.5 Å². The van der Waals surface area contributed by atoms with Gasteiger partial charge in [0.1, 0.15) is 36.1 Å². The van der Waals surface area contributed by atoms with Gasteiger partial charge in [-0.3, -0.25) is 19.2 Å². The molecule has 11 nitrogen and oxygen atoms in total. The second kappa shape index (κ2) is 10.4. The number of amides is 4. The molecule has 2 fully saturated rings. The Morgan fingerprint density at radius 1 is 1.25 bits per heavy atom. The van der Waals surface area contributed by atoms with Crippen LogP contribution in [0.3, 0.4) is 0 Å². The third kappa shape index (κ3) is 5.44. The summed E-state index contributed by atoms with van der Waals surface area (Å²) in [6.45, 7) is 9.70. The summed E-state index contributed by atoms with van der Waals surface area (Å²) in [4.78, 5) is 53.6. The minimum absolute atomic E-state index is 0.0625. The van der Waals surface area contributed by atoms with Gasteiger partial charge in [0.2, 0.25) is 17.7 Å². The molecule has 6 atom stereocenters. The van der Waals surface area contributed by atoms with Crippen molar-refractivity contribution in [1.29, 1.82) is 10.5 Å². The molecule has 212 valence electrons. The Morgan fingerprint density at radius 2 is 1.95 bits per heavy atom. The van der Waals surface area contributed by atoms with Gasteiger partial charge in [-0.1, -0.05) is 34.6 Å². The SMILES string of the molecule is CC(C)(C)[C@H](NC(=O)CC#N)C(=O)N1C[C@H]2[C@@H]([C@H]1C(=O)N[C@H](C#N)C[C@@H]1Oc3ccc(F)cc3NC1=O)C2(C)C. The quantitative estimate of drug-likeness (QED) is 0.464. The van der Waals surface area contributed by atoms with Crippen LogP contribution in [0.25, 0.3) is 0 Å². The number of hydrogen-bond donors (Lipinski definition) is 3. The zero-order chi connectivity index (χ0) is 29.6. The molecule has 2 heterocycles. The molecular weight excluding hydrogens is 519 g/mol. The van der Waals surface area contributed by atoms with Crippen molar-refractivity contribution in [2.45, 2.75) is 71.7 Å². The number of ether oxygens (including phenoxy) is 1. The molecule has 40 heavy (non-hydrogen) atoms. The fraction of sp³-hybridized carbons (Fsp3) is 0.571. The number of piperidine rings is 1. The number of halogens is 1. The smallest absolute Gasteiger partial charge is 0.265 e. The van der Waals surface area contributed by atoms with Crippen molar-refractivity contribution >= 4 is 29.3 Å². The lowest BCUT2D eigenvalue weighted by molar-refractivity contribution is -0.145. The molecule has 0 aromatic heterocycles. The molecule has 12 heteroatoms. The average Bonchev–Trinajstić information content (AvgIpc) is 3.19. The number of hydrogen-bond acceptors (Lipinski definition) is 7. The third-order valence-corrected chi connectivity index (χ3v) is 8.10. The number of benzene rings is 1. The van der Waals surface area contributed by atoms with E-state index < -0.39 is 65.5 Å². The molecule has 2 aliphatic heterocycles. The van der Waals surface area contributed by atoms with E-state index in [1.54, 1.807) is 26.8 Å². The monoisotopic (exact) mass is 552 g/mol. The molecule has 3 N–H and O–H groups in total. The van der Waals surface area contributed by atoms with E-state index in [2.05, 4.69) is 16.0 Å². The Kier molecular flexibility index (Phi) is 7.50. The maximum absolute atomic E-state index is 13.8. The number of anilines is 1. The van der Waals surface area contributed by atoms with Crippen LogP contribution in [0.1, 0.15) is 47.5 Å². The largest absolute Gasteiger partial charge is 0.478 e. The summed E-state index contributed by atoms with van der Waals surface area (Å²) in [6, 6.07) is 4.48. The first-order chi connectivity index (χ1) is 18.7. The Hall–Kier alpha value is -4.19. The van der Waals surface area contributed by atoms with Crippen LogP contribution >= 0.6 is 0 Å². The minimum atomic E-state index is -1.11. The fourth-order valence-corrected chi connectivity index (χ4v) is 5.80. The number of nitrogens with one attached hydrogen (secondary N) is 3. The molecule has 1 saturated carbocycles. The fourth-order valence-electron chi connectivity index (χ4n) is 5.80. The second-order valence-electron chi connectivity index (χ2n) is 12.3. The van der Waals surface area contributed by atoms with Gasteiger partial charge in [0.05, 0.1) is 17.8 Å². The summed E-state index contributed by atoms with van der Waals surface area (Å²) >= 11 is 0. The second-order valence-corrected chi connectivity index (χ2v) is 12.3. The predicted octanol–water partition coefficient (Wildman–Crippen LogP) is 1.85. The van der Waals surface area contributed by atoms with Crippen molar-refractivity contribution in [2.75, 3.05) is 11.9 Å². The van der Waals surface area contributed by atoms with Gasteiger partial charge in [0.15, 0.2) is 6.10 Å². The summed E-state index contributed by atoms with van der Waals surface area (Å²) < 4.78 is 19.2. The highest BCUT2D eigenvalue weighted by Gasteiger charge is 2.69. The highest BCUT2D eigenvalue weighted by Crippen LogP contribution is 2.65. The van der Waals surface area contributed by atoms with Crippen molar-refractivity contribution < 1.29 is 28.3 Å². The molecule has 0 unspecified atom stereocenters. The van der Waals surface area contributed by atoms with Crippen LogP contribution in [0.5, 0.6) is 5.75 Å². The van der Waals surface area contributed by atoms with E-state index in [0.29, 0.717) is 6.54 Å². The first kappa shape index (κ1) is 28.8. The standard InChI is InChI=1S/C28H33FN6O5/c1-27(2,3)23(34-20(36)8-9-30)26(39)35-13-16-21(28(16,4)5)22(35)25(38)32-15(12-31)11-19-24(37)33-17-10-14(29)6-7-18(17)40-19/h6-7,10,15-16,19,21-23H,8,11,13H2,1-5H3,(H,32,38)(H,33,37)(H,34,36)/t15-,16-,19-,21-,22-,23+/m0/s1.